The fourth-order valence-electron chi connectivity index (χ4n) is 1.40. The normalized spacial score (nSPS) is 12.1. The summed E-state index contributed by atoms with van der Waals surface area (Å²) in [6, 6.07) is 3.51. The van der Waals surface area contributed by atoms with E-state index in [4.69, 9.17) is 4.74 Å². The lowest BCUT2D eigenvalue weighted by atomic mass is 10.3. The Kier molecular flexibility index (Phi) is 5.71. The van der Waals surface area contributed by atoms with Gasteiger partial charge in [-0.15, -0.1) is 0 Å². The van der Waals surface area contributed by atoms with Crippen molar-refractivity contribution in [2.24, 2.45) is 0 Å². The van der Waals surface area contributed by atoms with E-state index >= 15 is 0 Å². The van der Waals surface area contributed by atoms with E-state index in [0.717, 1.165) is 12.1 Å². The van der Waals surface area contributed by atoms with E-state index in [0.29, 0.717) is 19.6 Å². The summed E-state index contributed by atoms with van der Waals surface area (Å²) in [7, 11) is -0.555. The zero-order valence-corrected chi connectivity index (χ0v) is 12.6. The van der Waals surface area contributed by atoms with E-state index in [2.05, 4.69) is 15.9 Å². The first-order valence-corrected chi connectivity index (χ1v) is 7.53. The molecule has 1 aromatic rings. The van der Waals surface area contributed by atoms with Crippen LogP contribution in [0.15, 0.2) is 27.6 Å². The molecule has 0 saturated carbocycles. The first-order chi connectivity index (χ1) is 8.39. The Balaban J connectivity index is 2.91. The van der Waals surface area contributed by atoms with Crippen LogP contribution in [0.2, 0.25) is 0 Å². The van der Waals surface area contributed by atoms with Crippen LogP contribution in [0.1, 0.15) is 6.42 Å². The van der Waals surface area contributed by atoms with Crippen LogP contribution in [0.3, 0.4) is 0 Å². The number of methoxy groups -OCH3 is 1. The molecule has 0 amide bonds. The second kappa shape index (κ2) is 6.60. The van der Waals surface area contributed by atoms with Crippen LogP contribution in [0.5, 0.6) is 0 Å². The van der Waals surface area contributed by atoms with Crippen molar-refractivity contribution in [2.75, 3.05) is 27.3 Å². The molecular formula is C11H15BrFNO3S. The average Bonchev–Trinajstić information content (AvgIpc) is 2.28. The fraction of sp³-hybridized carbons (Fsp3) is 0.455. The Morgan fingerprint density at radius 2 is 2.11 bits per heavy atom. The Labute approximate surface area is 115 Å². The van der Waals surface area contributed by atoms with Gasteiger partial charge in [-0.3, -0.25) is 0 Å². The molecule has 4 nitrogen and oxygen atoms in total. The number of hydrogen-bond acceptors (Lipinski definition) is 3. The standard InChI is InChI=1S/C11H15BrFNO3S/c1-14(6-3-7-17-2)18(15,16)11-5-4-9(13)8-10(11)12/h4-5,8H,3,6-7H2,1-2H3. The summed E-state index contributed by atoms with van der Waals surface area (Å²) in [4.78, 5) is 0.0591. The Morgan fingerprint density at radius 3 is 2.67 bits per heavy atom. The highest BCUT2D eigenvalue weighted by atomic mass is 79.9. The van der Waals surface area contributed by atoms with Crippen molar-refractivity contribution in [2.45, 2.75) is 11.3 Å². The summed E-state index contributed by atoms with van der Waals surface area (Å²) in [5.74, 6) is -0.483. The van der Waals surface area contributed by atoms with Crippen LogP contribution >= 0.6 is 15.9 Å². The molecule has 0 aliphatic rings. The molecular weight excluding hydrogens is 325 g/mol. The lowest BCUT2D eigenvalue weighted by Crippen LogP contribution is -2.28. The second-order valence-electron chi connectivity index (χ2n) is 3.75. The molecule has 0 radical (unpaired) electrons. The highest BCUT2D eigenvalue weighted by Crippen LogP contribution is 2.25. The van der Waals surface area contributed by atoms with Crippen LogP contribution in [0, 0.1) is 5.82 Å². The van der Waals surface area contributed by atoms with Gasteiger partial charge in [0.15, 0.2) is 0 Å². The molecule has 0 aliphatic carbocycles. The maximum atomic E-state index is 12.9. The number of sulfonamides is 1. The van der Waals surface area contributed by atoms with Crippen molar-refractivity contribution in [1.29, 1.82) is 0 Å². The minimum absolute atomic E-state index is 0.0591. The SMILES string of the molecule is COCCCN(C)S(=O)(=O)c1ccc(F)cc1Br. The molecule has 7 heteroatoms. The summed E-state index contributed by atoms with van der Waals surface area (Å²) >= 11 is 3.06. The Morgan fingerprint density at radius 1 is 1.44 bits per heavy atom. The van der Waals surface area contributed by atoms with Gasteiger partial charge < -0.3 is 4.74 Å². The number of rotatable bonds is 6. The molecule has 1 rings (SSSR count). The second-order valence-corrected chi connectivity index (χ2v) is 6.62. The third-order valence-electron chi connectivity index (χ3n) is 2.40. The minimum atomic E-state index is -3.60. The lowest BCUT2D eigenvalue weighted by Gasteiger charge is -2.17. The Bertz CT molecular complexity index is 507. The smallest absolute Gasteiger partial charge is 0.243 e. The van der Waals surface area contributed by atoms with Gasteiger partial charge in [0, 0.05) is 31.8 Å². The van der Waals surface area contributed by atoms with Gasteiger partial charge in [-0.05, 0) is 40.5 Å². The van der Waals surface area contributed by atoms with Crippen molar-refractivity contribution >= 4 is 26.0 Å². The van der Waals surface area contributed by atoms with Gasteiger partial charge in [-0.25, -0.2) is 17.1 Å². The first-order valence-electron chi connectivity index (χ1n) is 5.30. The van der Waals surface area contributed by atoms with E-state index in [1.165, 1.54) is 17.4 Å². The van der Waals surface area contributed by atoms with Crippen molar-refractivity contribution in [3.05, 3.63) is 28.5 Å². The molecule has 0 bridgehead atoms. The predicted octanol–water partition coefficient (Wildman–Crippen LogP) is 2.25. The third kappa shape index (κ3) is 3.74. The topological polar surface area (TPSA) is 46.6 Å². The minimum Gasteiger partial charge on any atom is -0.385 e. The molecule has 102 valence electrons. The number of hydrogen-bond donors (Lipinski definition) is 0. The molecule has 0 unspecified atom stereocenters. The van der Waals surface area contributed by atoms with Crippen molar-refractivity contribution in [3.8, 4) is 0 Å². The molecule has 0 heterocycles. The van der Waals surface area contributed by atoms with Crippen molar-refractivity contribution in [1.82, 2.24) is 4.31 Å². The summed E-state index contributed by atoms with van der Waals surface area (Å²) < 4.78 is 43.6. The maximum Gasteiger partial charge on any atom is 0.243 e. The fourth-order valence-corrected chi connectivity index (χ4v) is 3.62. The van der Waals surface area contributed by atoms with Gasteiger partial charge in [-0.1, -0.05) is 0 Å². The van der Waals surface area contributed by atoms with E-state index in [1.54, 1.807) is 7.11 Å². The number of ether oxygens (including phenoxy) is 1. The largest absolute Gasteiger partial charge is 0.385 e. The zero-order valence-electron chi connectivity index (χ0n) is 10.2. The van der Waals surface area contributed by atoms with Crippen LogP contribution in [0.4, 0.5) is 4.39 Å². The summed E-state index contributed by atoms with van der Waals surface area (Å²) in [5, 5.41) is 0. The van der Waals surface area contributed by atoms with Gasteiger partial charge in [0.2, 0.25) is 10.0 Å². The lowest BCUT2D eigenvalue weighted by molar-refractivity contribution is 0.189. The maximum absolute atomic E-state index is 12.9. The third-order valence-corrected chi connectivity index (χ3v) is 5.24. The molecule has 0 fully saturated rings. The first kappa shape index (κ1) is 15.6. The van der Waals surface area contributed by atoms with Gasteiger partial charge in [-0.2, -0.15) is 0 Å². The van der Waals surface area contributed by atoms with Gasteiger partial charge >= 0.3 is 0 Å². The number of nitrogens with zero attached hydrogens (tertiary/aromatic N) is 1. The molecule has 1 aromatic carbocycles. The summed E-state index contributed by atoms with van der Waals surface area (Å²) in [6.07, 6.45) is 0.602. The molecule has 0 N–H and O–H groups in total. The van der Waals surface area contributed by atoms with Gasteiger partial charge in [0.25, 0.3) is 0 Å². The monoisotopic (exact) mass is 339 g/mol. The summed E-state index contributed by atoms with van der Waals surface area (Å²) in [5.41, 5.74) is 0. The summed E-state index contributed by atoms with van der Waals surface area (Å²) in [6.45, 7) is 0.838. The van der Waals surface area contributed by atoms with Gasteiger partial charge in [0.05, 0.1) is 4.90 Å². The molecule has 0 saturated heterocycles. The van der Waals surface area contributed by atoms with Crippen LogP contribution in [-0.4, -0.2) is 40.0 Å². The van der Waals surface area contributed by atoms with E-state index in [-0.39, 0.29) is 9.37 Å². The van der Waals surface area contributed by atoms with Crippen molar-refractivity contribution in [3.63, 3.8) is 0 Å². The van der Waals surface area contributed by atoms with E-state index in [1.807, 2.05) is 0 Å². The number of benzene rings is 1. The number of halogens is 2. The van der Waals surface area contributed by atoms with E-state index in [9.17, 15) is 12.8 Å². The molecule has 0 aliphatic heterocycles. The average molecular weight is 340 g/mol. The van der Waals surface area contributed by atoms with Crippen LogP contribution in [0.25, 0.3) is 0 Å². The highest BCUT2D eigenvalue weighted by molar-refractivity contribution is 9.10. The van der Waals surface area contributed by atoms with Crippen LogP contribution < -0.4 is 0 Å². The quantitative estimate of drug-likeness (QED) is 0.747. The molecule has 0 atom stereocenters. The molecule has 0 aromatic heterocycles. The Hall–Kier alpha value is -0.500. The van der Waals surface area contributed by atoms with Gasteiger partial charge in [0.1, 0.15) is 5.82 Å². The molecule has 0 spiro atoms. The molecule has 18 heavy (non-hydrogen) atoms. The predicted molar refractivity (Wildman–Crippen MR) is 70.4 cm³/mol. The van der Waals surface area contributed by atoms with Crippen LogP contribution in [-0.2, 0) is 14.8 Å². The zero-order chi connectivity index (χ0) is 13.8. The van der Waals surface area contributed by atoms with E-state index < -0.39 is 15.8 Å². The van der Waals surface area contributed by atoms with Crippen molar-refractivity contribution < 1.29 is 17.5 Å². The highest BCUT2D eigenvalue weighted by Gasteiger charge is 2.23.